The van der Waals surface area contributed by atoms with Gasteiger partial charge in [-0.2, -0.15) is 0 Å². The molecule has 4 N–H and O–H groups in total. The Hall–Kier alpha value is -4.25. The Morgan fingerprint density at radius 1 is 0.884 bits per heavy atom. The molecule has 2 aliphatic rings. The van der Waals surface area contributed by atoms with Gasteiger partial charge < -0.3 is 35.8 Å². The first-order valence-corrected chi connectivity index (χ1v) is 15.6. The molecule has 43 heavy (non-hydrogen) atoms. The predicted octanol–water partition coefficient (Wildman–Crippen LogP) is 5.80. The summed E-state index contributed by atoms with van der Waals surface area (Å²) in [4.78, 5) is 44.9. The molecule has 1 aromatic heterocycles. The number of urea groups is 1. The number of nitrogens with one attached hydrogen (secondary N) is 2. The van der Waals surface area contributed by atoms with Gasteiger partial charge in [-0.25, -0.2) is 9.59 Å². The van der Waals surface area contributed by atoms with Crippen LogP contribution in [0.25, 0.3) is 10.4 Å². The maximum atomic E-state index is 13.1. The Kier molecular flexibility index (Phi) is 9.10. The summed E-state index contributed by atoms with van der Waals surface area (Å²) in [6, 6.07) is 17.3. The lowest BCUT2D eigenvalue weighted by Gasteiger charge is -2.40. The zero-order chi connectivity index (χ0) is 30.6. The zero-order valence-corrected chi connectivity index (χ0v) is 25.8. The average Bonchev–Trinajstić information content (AvgIpc) is 3.53. The standard InChI is InChI=1S/C32H40N6O4S/c1-32(2,3)42-31(41)38-18-16-37(17-19-38)30(40)36-14-12-25(13-15-36)34-24-9-6-22(7-10-24)29(39)35-27-21-23(8-11-26(27)33)28-5-4-20-43-28/h4-11,20-21,25,34H,12-19,33H2,1-3H3,(H,35,39). The number of piperidine rings is 1. The molecule has 3 heterocycles. The van der Waals surface area contributed by atoms with Gasteiger partial charge in [0, 0.05) is 61.4 Å². The van der Waals surface area contributed by atoms with Crippen LogP contribution in [0.1, 0.15) is 44.0 Å². The van der Waals surface area contributed by atoms with E-state index in [-0.39, 0.29) is 24.1 Å². The van der Waals surface area contributed by atoms with Gasteiger partial charge in [-0.15, -0.1) is 11.3 Å². The van der Waals surface area contributed by atoms with Crippen LogP contribution in [0.3, 0.4) is 0 Å². The number of ether oxygens (including phenoxy) is 1. The number of anilines is 3. The molecule has 3 aromatic rings. The van der Waals surface area contributed by atoms with Crippen molar-refractivity contribution >= 4 is 46.4 Å². The summed E-state index contributed by atoms with van der Waals surface area (Å²) < 4.78 is 5.45. The number of carbonyl (C=O) groups is 3. The van der Waals surface area contributed by atoms with Crippen LogP contribution in [0, 0.1) is 0 Å². The van der Waals surface area contributed by atoms with E-state index in [1.165, 1.54) is 0 Å². The van der Waals surface area contributed by atoms with Gasteiger partial charge in [-0.1, -0.05) is 12.1 Å². The number of rotatable bonds is 5. The summed E-state index contributed by atoms with van der Waals surface area (Å²) in [6.45, 7) is 8.83. The molecule has 0 aliphatic carbocycles. The van der Waals surface area contributed by atoms with Gasteiger partial charge in [0.2, 0.25) is 0 Å². The molecule has 0 atom stereocenters. The molecule has 228 valence electrons. The highest BCUT2D eigenvalue weighted by molar-refractivity contribution is 7.13. The van der Waals surface area contributed by atoms with Crippen LogP contribution in [0.15, 0.2) is 60.0 Å². The second kappa shape index (κ2) is 12.9. The number of thiophene rings is 1. The largest absolute Gasteiger partial charge is 0.444 e. The third-order valence-electron chi connectivity index (χ3n) is 7.59. The first kappa shape index (κ1) is 30.2. The van der Waals surface area contributed by atoms with Gasteiger partial charge in [-0.3, -0.25) is 4.79 Å². The number of hydrogen-bond donors (Lipinski definition) is 3. The number of piperazine rings is 1. The molecule has 2 aliphatic heterocycles. The number of benzene rings is 2. The monoisotopic (exact) mass is 604 g/mol. The summed E-state index contributed by atoms with van der Waals surface area (Å²) in [5.74, 6) is -0.222. The lowest BCUT2D eigenvalue weighted by Crippen LogP contribution is -2.56. The number of nitrogen functional groups attached to an aromatic ring is 1. The number of carbonyl (C=O) groups excluding carboxylic acids is 3. The fraction of sp³-hybridized carbons (Fsp3) is 0.406. The minimum Gasteiger partial charge on any atom is -0.444 e. The lowest BCUT2D eigenvalue weighted by molar-refractivity contribution is 0.0155. The zero-order valence-electron chi connectivity index (χ0n) is 25.0. The summed E-state index contributed by atoms with van der Waals surface area (Å²) in [7, 11) is 0. The molecule has 2 aromatic carbocycles. The second-order valence-electron chi connectivity index (χ2n) is 12.0. The van der Waals surface area contributed by atoms with Crippen LogP contribution in [0.2, 0.25) is 0 Å². The molecule has 2 fully saturated rings. The van der Waals surface area contributed by atoms with Gasteiger partial charge in [0.05, 0.1) is 11.4 Å². The number of nitrogens with zero attached hydrogens (tertiary/aromatic N) is 3. The number of likely N-dealkylation sites (tertiary alicyclic amines) is 1. The van der Waals surface area contributed by atoms with E-state index in [2.05, 4.69) is 10.6 Å². The normalized spacial score (nSPS) is 16.1. The minimum atomic E-state index is -0.536. The Bertz CT molecular complexity index is 1420. The maximum absolute atomic E-state index is 13.1. The fourth-order valence-corrected chi connectivity index (χ4v) is 5.95. The molecule has 0 unspecified atom stereocenters. The highest BCUT2D eigenvalue weighted by atomic mass is 32.1. The third kappa shape index (κ3) is 7.78. The highest BCUT2D eigenvalue weighted by Gasteiger charge is 2.31. The van der Waals surface area contributed by atoms with Crippen LogP contribution in [0.4, 0.5) is 26.7 Å². The number of nitrogens with two attached hydrogens (primary N) is 1. The van der Waals surface area contributed by atoms with E-state index in [1.54, 1.807) is 28.4 Å². The molecule has 11 heteroatoms. The average molecular weight is 605 g/mol. The van der Waals surface area contributed by atoms with Gasteiger partial charge >= 0.3 is 12.1 Å². The van der Waals surface area contributed by atoms with Crippen LogP contribution in [0.5, 0.6) is 0 Å². The molecule has 0 saturated carbocycles. The van der Waals surface area contributed by atoms with E-state index >= 15 is 0 Å². The van der Waals surface area contributed by atoms with Crippen molar-refractivity contribution in [2.75, 3.05) is 55.6 Å². The van der Waals surface area contributed by atoms with Crippen molar-refractivity contribution in [2.24, 2.45) is 0 Å². The predicted molar refractivity (Wildman–Crippen MR) is 172 cm³/mol. The molecule has 5 rings (SSSR count). The smallest absolute Gasteiger partial charge is 0.410 e. The first-order valence-electron chi connectivity index (χ1n) is 14.7. The molecule has 2 saturated heterocycles. The van der Waals surface area contributed by atoms with Gasteiger partial charge in [-0.05, 0) is 87.0 Å². The van der Waals surface area contributed by atoms with E-state index in [0.29, 0.717) is 56.2 Å². The highest BCUT2D eigenvalue weighted by Crippen LogP contribution is 2.30. The first-order chi connectivity index (χ1) is 20.6. The van der Waals surface area contributed by atoms with Crippen LogP contribution < -0.4 is 16.4 Å². The van der Waals surface area contributed by atoms with E-state index in [4.69, 9.17) is 10.5 Å². The topological polar surface area (TPSA) is 120 Å². The fourth-order valence-electron chi connectivity index (χ4n) is 5.23. The summed E-state index contributed by atoms with van der Waals surface area (Å²) in [5.41, 5.74) is 9.18. The summed E-state index contributed by atoms with van der Waals surface area (Å²) >= 11 is 1.63. The molecule has 4 amide bonds. The summed E-state index contributed by atoms with van der Waals surface area (Å²) in [6.07, 6.45) is 1.32. The molecule has 0 radical (unpaired) electrons. The van der Waals surface area contributed by atoms with E-state index in [9.17, 15) is 14.4 Å². The second-order valence-corrected chi connectivity index (χ2v) is 12.9. The van der Waals surface area contributed by atoms with Crippen LogP contribution >= 0.6 is 11.3 Å². The van der Waals surface area contributed by atoms with Crippen LogP contribution in [-0.4, -0.2) is 83.6 Å². The van der Waals surface area contributed by atoms with E-state index in [1.807, 2.05) is 78.4 Å². The Balaban J connectivity index is 1.07. The van der Waals surface area contributed by atoms with Crippen molar-refractivity contribution in [3.05, 3.63) is 65.5 Å². The number of amides is 4. The molecular formula is C32H40N6O4S. The molecule has 0 bridgehead atoms. The van der Waals surface area contributed by atoms with Crippen molar-refractivity contribution in [1.82, 2.24) is 14.7 Å². The molecule has 0 spiro atoms. The molecule has 10 nitrogen and oxygen atoms in total. The lowest BCUT2D eigenvalue weighted by atomic mass is 10.0. The van der Waals surface area contributed by atoms with Crippen molar-refractivity contribution in [2.45, 2.75) is 45.3 Å². The Morgan fingerprint density at radius 2 is 1.53 bits per heavy atom. The SMILES string of the molecule is CC(C)(C)OC(=O)N1CCN(C(=O)N2CCC(Nc3ccc(C(=O)Nc4cc(-c5cccs5)ccc4N)cc3)CC2)CC1. The van der Waals surface area contributed by atoms with E-state index in [0.717, 1.165) is 29.0 Å². The van der Waals surface area contributed by atoms with Crippen LogP contribution in [-0.2, 0) is 4.74 Å². The van der Waals surface area contributed by atoms with Gasteiger partial charge in [0.15, 0.2) is 0 Å². The van der Waals surface area contributed by atoms with Crippen molar-refractivity contribution in [3.8, 4) is 10.4 Å². The quantitative estimate of drug-likeness (QED) is 0.317. The van der Waals surface area contributed by atoms with Crippen molar-refractivity contribution in [1.29, 1.82) is 0 Å². The molecular weight excluding hydrogens is 564 g/mol. The van der Waals surface area contributed by atoms with E-state index < -0.39 is 5.60 Å². The van der Waals surface area contributed by atoms with Gasteiger partial charge in [0.1, 0.15) is 5.60 Å². The van der Waals surface area contributed by atoms with Crippen molar-refractivity contribution < 1.29 is 19.1 Å². The van der Waals surface area contributed by atoms with Crippen molar-refractivity contribution in [3.63, 3.8) is 0 Å². The maximum Gasteiger partial charge on any atom is 0.410 e. The Labute approximate surface area is 256 Å². The number of hydrogen-bond acceptors (Lipinski definition) is 7. The Morgan fingerprint density at radius 3 is 2.16 bits per heavy atom. The van der Waals surface area contributed by atoms with Gasteiger partial charge in [0.25, 0.3) is 5.91 Å². The minimum absolute atomic E-state index is 0.0271. The summed E-state index contributed by atoms with van der Waals surface area (Å²) in [5, 5.41) is 8.50. The third-order valence-corrected chi connectivity index (χ3v) is 8.51.